The second-order valence-corrected chi connectivity index (χ2v) is 5.84. The largest absolute Gasteiger partial charge is 0.353 e. The Morgan fingerprint density at radius 3 is 1.67 bits per heavy atom. The zero-order chi connectivity index (χ0) is 16.4. The van der Waals surface area contributed by atoms with Crippen molar-refractivity contribution in [3.8, 4) is 6.07 Å². The van der Waals surface area contributed by atoms with Crippen LogP contribution in [0.2, 0.25) is 0 Å². The Morgan fingerprint density at radius 1 is 0.708 bits per heavy atom. The van der Waals surface area contributed by atoms with E-state index in [4.69, 9.17) is 0 Å². The number of nitrogens with zero attached hydrogens (tertiary/aromatic N) is 1. The Hall–Kier alpha value is -3.39. The summed E-state index contributed by atoms with van der Waals surface area (Å²) in [5.74, 6) is -0.682. The predicted octanol–water partition coefficient (Wildman–Crippen LogP) is 5.11. The average Bonchev–Trinajstić information content (AvgIpc) is 3.10. The van der Waals surface area contributed by atoms with E-state index in [1.165, 1.54) is 24.3 Å². The first kappa shape index (κ1) is 13.1. The molecule has 5 rings (SSSR count). The van der Waals surface area contributed by atoms with Gasteiger partial charge in [0, 0.05) is 32.6 Å². The fraction of sp³-hybridized carbons (Fsp3) is 0. The van der Waals surface area contributed by atoms with Crippen LogP contribution in [-0.2, 0) is 0 Å². The van der Waals surface area contributed by atoms with E-state index in [2.05, 4.69) is 16.0 Å². The lowest BCUT2D eigenvalue weighted by Crippen LogP contribution is -1.81. The van der Waals surface area contributed by atoms with Gasteiger partial charge in [-0.15, -0.1) is 0 Å². The molecule has 0 radical (unpaired) electrons. The monoisotopic (exact) mass is 317 g/mol. The summed E-state index contributed by atoms with van der Waals surface area (Å²) in [6.07, 6.45) is 0. The van der Waals surface area contributed by atoms with Crippen molar-refractivity contribution in [3.05, 3.63) is 59.7 Å². The van der Waals surface area contributed by atoms with Crippen molar-refractivity contribution in [2.45, 2.75) is 0 Å². The van der Waals surface area contributed by atoms with Crippen LogP contribution in [0.4, 0.5) is 8.78 Å². The zero-order valence-electron chi connectivity index (χ0n) is 12.2. The van der Waals surface area contributed by atoms with Gasteiger partial charge >= 0.3 is 0 Å². The molecule has 2 aromatic heterocycles. The molecule has 0 saturated heterocycles. The third-order valence-electron chi connectivity index (χ3n) is 4.50. The van der Waals surface area contributed by atoms with Crippen molar-refractivity contribution >= 4 is 43.6 Å². The lowest BCUT2D eigenvalue weighted by molar-refractivity contribution is 0.629. The maximum Gasteiger partial charge on any atom is 0.123 e. The number of hydrogen-bond donors (Lipinski definition) is 2. The van der Waals surface area contributed by atoms with Crippen LogP contribution >= 0.6 is 0 Å². The van der Waals surface area contributed by atoms with Crippen LogP contribution in [-0.4, -0.2) is 9.97 Å². The van der Waals surface area contributed by atoms with Crippen LogP contribution in [0.25, 0.3) is 43.6 Å². The second kappa shape index (κ2) is 4.33. The van der Waals surface area contributed by atoms with Crippen molar-refractivity contribution in [2.75, 3.05) is 0 Å². The first-order valence-electron chi connectivity index (χ1n) is 7.40. The van der Waals surface area contributed by atoms with Crippen molar-refractivity contribution in [1.29, 1.82) is 5.26 Å². The summed E-state index contributed by atoms with van der Waals surface area (Å²) in [4.78, 5) is 6.38. The Morgan fingerprint density at radius 2 is 1.21 bits per heavy atom. The summed E-state index contributed by atoms with van der Waals surface area (Å²) >= 11 is 0. The van der Waals surface area contributed by atoms with Crippen molar-refractivity contribution < 1.29 is 8.78 Å². The third kappa shape index (κ3) is 1.57. The standard InChI is InChI=1S/C19H9F2N3/c20-9-1-3-16-11(5-9)13-7-14-12-6-10(21)2-4-17(12)24-19(14)15(8-22)18(13)23-16/h1-7,23-24H. The van der Waals surface area contributed by atoms with Crippen LogP contribution in [0.1, 0.15) is 5.56 Å². The zero-order valence-corrected chi connectivity index (χ0v) is 12.2. The molecule has 2 heterocycles. The Balaban J connectivity index is 2.09. The molecule has 0 bridgehead atoms. The van der Waals surface area contributed by atoms with Crippen molar-refractivity contribution in [2.24, 2.45) is 0 Å². The number of nitriles is 1. The highest BCUT2D eigenvalue weighted by Crippen LogP contribution is 2.36. The quantitative estimate of drug-likeness (QED) is 0.410. The summed E-state index contributed by atoms with van der Waals surface area (Å²) in [6, 6.07) is 13.0. The van der Waals surface area contributed by atoms with Crippen LogP contribution < -0.4 is 0 Å². The maximum atomic E-state index is 13.6. The molecule has 2 N–H and O–H groups in total. The highest BCUT2D eigenvalue weighted by atomic mass is 19.1. The number of nitrogens with one attached hydrogen (secondary N) is 2. The van der Waals surface area contributed by atoms with E-state index in [1.54, 1.807) is 12.1 Å². The molecule has 3 nitrogen and oxygen atoms in total. The van der Waals surface area contributed by atoms with Gasteiger partial charge in [-0.1, -0.05) is 0 Å². The molecular weight excluding hydrogens is 308 g/mol. The number of aromatic nitrogens is 2. The molecule has 5 aromatic rings. The Kier molecular flexibility index (Phi) is 2.36. The topological polar surface area (TPSA) is 55.4 Å². The van der Waals surface area contributed by atoms with Gasteiger partial charge in [0.25, 0.3) is 0 Å². The van der Waals surface area contributed by atoms with Crippen molar-refractivity contribution in [3.63, 3.8) is 0 Å². The van der Waals surface area contributed by atoms with Crippen LogP contribution in [0.5, 0.6) is 0 Å². The number of rotatable bonds is 0. The number of fused-ring (bicyclic) bond motifs is 6. The van der Waals surface area contributed by atoms with Gasteiger partial charge in [0.05, 0.1) is 11.0 Å². The molecule has 3 aromatic carbocycles. The van der Waals surface area contributed by atoms with Gasteiger partial charge < -0.3 is 9.97 Å². The summed E-state index contributed by atoms with van der Waals surface area (Å²) in [5, 5.41) is 12.6. The fourth-order valence-electron chi connectivity index (χ4n) is 3.45. The predicted molar refractivity (Wildman–Crippen MR) is 89.8 cm³/mol. The number of aromatic amines is 2. The molecule has 0 aliphatic rings. The molecule has 0 aliphatic carbocycles. The minimum atomic E-state index is -0.341. The van der Waals surface area contributed by atoms with Gasteiger partial charge in [-0.3, -0.25) is 0 Å². The number of hydrogen-bond acceptors (Lipinski definition) is 1. The summed E-state index contributed by atoms with van der Waals surface area (Å²) < 4.78 is 27.3. The van der Waals surface area contributed by atoms with Gasteiger partial charge in [-0.05, 0) is 42.5 Å². The molecule has 5 heteroatoms. The molecule has 0 atom stereocenters. The lowest BCUT2D eigenvalue weighted by atomic mass is 10.0. The SMILES string of the molecule is N#Cc1c2[nH]c3ccc(F)cc3c2cc2c1[nH]c1ccc(F)cc12. The average molecular weight is 317 g/mol. The van der Waals surface area contributed by atoms with E-state index in [0.717, 1.165) is 21.8 Å². The molecule has 0 unspecified atom stereocenters. The van der Waals surface area contributed by atoms with E-state index in [9.17, 15) is 14.0 Å². The molecule has 0 spiro atoms. The fourth-order valence-corrected chi connectivity index (χ4v) is 3.45. The number of H-pyrrole nitrogens is 2. The molecule has 0 amide bonds. The van der Waals surface area contributed by atoms with Gasteiger partial charge in [0.15, 0.2) is 0 Å². The molecular formula is C19H9F2N3. The highest BCUT2D eigenvalue weighted by molar-refractivity contribution is 6.20. The molecule has 24 heavy (non-hydrogen) atoms. The van der Waals surface area contributed by atoms with Gasteiger partial charge in [0.2, 0.25) is 0 Å². The van der Waals surface area contributed by atoms with E-state index in [0.29, 0.717) is 27.4 Å². The Labute approximate surface area is 134 Å². The van der Waals surface area contributed by atoms with E-state index in [-0.39, 0.29) is 11.6 Å². The smallest absolute Gasteiger partial charge is 0.123 e. The third-order valence-corrected chi connectivity index (χ3v) is 4.50. The van der Waals surface area contributed by atoms with Gasteiger partial charge in [0.1, 0.15) is 23.3 Å². The minimum absolute atomic E-state index is 0.341. The number of benzene rings is 3. The summed E-state index contributed by atoms with van der Waals surface area (Å²) in [6.45, 7) is 0. The molecule has 0 fully saturated rings. The van der Waals surface area contributed by atoms with Crippen LogP contribution in [0.3, 0.4) is 0 Å². The van der Waals surface area contributed by atoms with Gasteiger partial charge in [-0.2, -0.15) is 5.26 Å². The number of halogens is 2. The second-order valence-electron chi connectivity index (χ2n) is 5.84. The maximum absolute atomic E-state index is 13.6. The minimum Gasteiger partial charge on any atom is -0.353 e. The Bertz CT molecular complexity index is 1240. The lowest BCUT2D eigenvalue weighted by Gasteiger charge is -1.98. The van der Waals surface area contributed by atoms with Crippen molar-refractivity contribution in [1.82, 2.24) is 9.97 Å². The normalized spacial score (nSPS) is 11.7. The first-order valence-corrected chi connectivity index (χ1v) is 7.40. The molecule has 0 saturated carbocycles. The highest BCUT2D eigenvalue weighted by Gasteiger charge is 2.16. The van der Waals surface area contributed by atoms with E-state index >= 15 is 0 Å². The van der Waals surface area contributed by atoms with Crippen LogP contribution in [0, 0.1) is 23.0 Å². The molecule has 114 valence electrons. The molecule has 0 aliphatic heterocycles. The first-order chi connectivity index (χ1) is 11.7. The summed E-state index contributed by atoms with van der Waals surface area (Å²) in [5.41, 5.74) is 3.25. The van der Waals surface area contributed by atoms with Crippen LogP contribution in [0.15, 0.2) is 42.5 Å². The summed E-state index contributed by atoms with van der Waals surface area (Å²) in [7, 11) is 0. The van der Waals surface area contributed by atoms with E-state index < -0.39 is 0 Å². The van der Waals surface area contributed by atoms with E-state index in [1.807, 2.05) is 6.07 Å². The van der Waals surface area contributed by atoms with Gasteiger partial charge in [-0.25, -0.2) is 8.78 Å².